The lowest BCUT2D eigenvalue weighted by Crippen LogP contribution is -2.26. The highest BCUT2D eigenvalue weighted by Crippen LogP contribution is 2.38. The molecule has 1 unspecified atom stereocenters. The molecule has 3 heterocycles. The third-order valence-corrected chi connectivity index (χ3v) is 4.41. The second-order valence-corrected chi connectivity index (χ2v) is 6.45. The Bertz CT molecular complexity index is 688. The fourth-order valence-corrected chi connectivity index (χ4v) is 3.10. The zero-order valence-electron chi connectivity index (χ0n) is 13.0. The maximum atomic E-state index is 13.2. The first-order chi connectivity index (χ1) is 11.3. The van der Waals surface area contributed by atoms with Crippen molar-refractivity contribution in [2.45, 2.75) is 37.8 Å². The molecule has 2 aromatic heterocycles. The Morgan fingerprint density at radius 1 is 1.26 bits per heavy atom. The van der Waals surface area contributed by atoms with Crippen molar-refractivity contribution < 1.29 is 4.39 Å². The van der Waals surface area contributed by atoms with Gasteiger partial charge in [-0.15, -0.1) is 0 Å². The highest BCUT2D eigenvalue weighted by Gasteiger charge is 2.27. The zero-order valence-corrected chi connectivity index (χ0v) is 13.0. The van der Waals surface area contributed by atoms with Crippen LogP contribution in [-0.2, 0) is 6.54 Å². The molecular formula is C17H20FN5. The number of nitrogens with zero attached hydrogens (tertiary/aromatic N) is 4. The van der Waals surface area contributed by atoms with E-state index in [1.807, 2.05) is 12.3 Å². The molecule has 0 bridgehead atoms. The Hall–Kier alpha value is -2.08. The second kappa shape index (κ2) is 6.20. The molecule has 4 rings (SSSR count). The molecule has 6 heteroatoms. The molecule has 1 saturated carbocycles. The van der Waals surface area contributed by atoms with Gasteiger partial charge in [0.2, 0.25) is 0 Å². The average Bonchev–Trinajstić information content (AvgIpc) is 3.30. The van der Waals surface area contributed by atoms with Gasteiger partial charge < -0.3 is 5.32 Å². The molecule has 5 nitrogen and oxygen atoms in total. The molecule has 1 N–H and O–H groups in total. The highest BCUT2D eigenvalue weighted by molar-refractivity contribution is 5.35. The van der Waals surface area contributed by atoms with E-state index in [0.717, 1.165) is 43.3 Å². The van der Waals surface area contributed by atoms with E-state index in [4.69, 9.17) is 0 Å². The van der Waals surface area contributed by atoms with Crippen molar-refractivity contribution in [3.8, 4) is 0 Å². The lowest BCUT2D eigenvalue weighted by atomic mass is 10.2. The Morgan fingerprint density at radius 2 is 2.17 bits per heavy atom. The summed E-state index contributed by atoms with van der Waals surface area (Å²) in [6.07, 6.45) is 8.30. The summed E-state index contributed by atoms with van der Waals surface area (Å²) in [6.45, 7) is 2.66. The van der Waals surface area contributed by atoms with Crippen molar-refractivity contribution in [1.29, 1.82) is 0 Å². The van der Waals surface area contributed by atoms with Crippen LogP contribution in [-0.4, -0.2) is 39.0 Å². The van der Waals surface area contributed by atoms with E-state index in [9.17, 15) is 4.39 Å². The summed E-state index contributed by atoms with van der Waals surface area (Å²) in [5.41, 5.74) is 0.920. The number of halogens is 1. The smallest absolute Gasteiger partial charge is 0.141 e. The Labute approximate surface area is 135 Å². The van der Waals surface area contributed by atoms with Gasteiger partial charge in [0.15, 0.2) is 0 Å². The van der Waals surface area contributed by atoms with E-state index < -0.39 is 0 Å². The van der Waals surface area contributed by atoms with Crippen LogP contribution in [0, 0.1) is 5.82 Å². The van der Waals surface area contributed by atoms with Gasteiger partial charge >= 0.3 is 0 Å². The predicted octanol–water partition coefficient (Wildman–Crippen LogP) is 2.57. The van der Waals surface area contributed by atoms with Crippen LogP contribution in [0.5, 0.6) is 0 Å². The van der Waals surface area contributed by atoms with Gasteiger partial charge in [-0.1, -0.05) is 0 Å². The number of hydrogen-bond acceptors (Lipinski definition) is 5. The molecule has 2 aromatic rings. The third kappa shape index (κ3) is 3.64. The van der Waals surface area contributed by atoms with Gasteiger partial charge in [-0.25, -0.2) is 14.4 Å². The number of pyridine rings is 1. The van der Waals surface area contributed by atoms with Crippen LogP contribution in [0.25, 0.3) is 0 Å². The van der Waals surface area contributed by atoms with Crippen LogP contribution < -0.4 is 5.32 Å². The van der Waals surface area contributed by atoms with Gasteiger partial charge in [-0.2, -0.15) is 0 Å². The van der Waals surface area contributed by atoms with E-state index in [1.54, 1.807) is 12.3 Å². The summed E-state index contributed by atoms with van der Waals surface area (Å²) in [5, 5.41) is 3.51. The van der Waals surface area contributed by atoms with Crippen molar-refractivity contribution in [3.63, 3.8) is 0 Å². The maximum Gasteiger partial charge on any atom is 0.141 e. The molecule has 0 amide bonds. The largest absolute Gasteiger partial charge is 0.366 e. The Balaban J connectivity index is 1.34. The summed E-state index contributed by atoms with van der Waals surface area (Å²) < 4.78 is 13.2. The highest BCUT2D eigenvalue weighted by atomic mass is 19.1. The molecule has 1 atom stereocenters. The quantitative estimate of drug-likeness (QED) is 0.919. The van der Waals surface area contributed by atoms with Gasteiger partial charge in [0, 0.05) is 44.0 Å². The molecule has 2 fully saturated rings. The molecule has 0 aromatic carbocycles. The van der Waals surface area contributed by atoms with Crippen LogP contribution in [0.4, 0.5) is 10.2 Å². The number of rotatable bonds is 5. The Kier molecular flexibility index (Phi) is 3.91. The van der Waals surface area contributed by atoms with E-state index >= 15 is 0 Å². The lowest BCUT2D eigenvalue weighted by molar-refractivity contribution is 0.327. The van der Waals surface area contributed by atoms with Crippen molar-refractivity contribution in [3.05, 3.63) is 47.9 Å². The van der Waals surface area contributed by atoms with E-state index in [-0.39, 0.29) is 5.82 Å². The van der Waals surface area contributed by atoms with Crippen LogP contribution in [0.15, 0.2) is 30.7 Å². The summed E-state index contributed by atoms with van der Waals surface area (Å²) >= 11 is 0. The van der Waals surface area contributed by atoms with Gasteiger partial charge in [0.25, 0.3) is 0 Å². The topological polar surface area (TPSA) is 53.9 Å². The third-order valence-electron chi connectivity index (χ3n) is 4.41. The summed E-state index contributed by atoms with van der Waals surface area (Å²) in [5.74, 6) is 2.18. The van der Waals surface area contributed by atoms with Crippen LogP contribution in [0.3, 0.4) is 0 Å². The fraction of sp³-hybridized carbons (Fsp3) is 0.471. The van der Waals surface area contributed by atoms with Crippen molar-refractivity contribution in [2.75, 3.05) is 18.4 Å². The first kappa shape index (κ1) is 14.5. The molecule has 1 saturated heterocycles. The normalized spacial score (nSPS) is 21.5. The first-order valence-electron chi connectivity index (χ1n) is 8.17. The number of nitrogens with one attached hydrogen (secondary N) is 1. The molecule has 0 radical (unpaired) electrons. The number of hydrogen-bond donors (Lipinski definition) is 1. The number of anilines is 1. The SMILES string of the molecule is Fc1cncc(CN2CCC(Nc3ccnc(C4CC4)n3)C2)c1. The van der Waals surface area contributed by atoms with Crippen molar-refractivity contribution >= 4 is 5.82 Å². The van der Waals surface area contributed by atoms with E-state index in [2.05, 4.69) is 25.2 Å². The van der Waals surface area contributed by atoms with Crippen molar-refractivity contribution in [2.24, 2.45) is 0 Å². The minimum absolute atomic E-state index is 0.273. The van der Waals surface area contributed by atoms with Crippen molar-refractivity contribution in [1.82, 2.24) is 19.9 Å². The molecule has 120 valence electrons. The molecule has 1 aliphatic heterocycles. The maximum absolute atomic E-state index is 13.2. The second-order valence-electron chi connectivity index (χ2n) is 6.45. The van der Waals surface area contributed by atoms with Crippen LogP contribution in [0.2, 0.25) is 0 Å². The van der Waals surface area contributed by atoms with Gasteiger partial charge in [0.05, 0.1) is 6.20 Å². The van der Waals surface area contributed by atoms with Gasteiger partial charge in [-0.05, 0) is 37.0 Å². The minimum atomic E-state index is -0.273. The molecule has 0 spiro atoms. The lowest BCUT2D eigenvalue weighted by Gasteiger charge is -2.17. The summed E-state index contributed by atoms with van der Waals surface area (Å²) in [6, 6.07) is 3.86. The average molecular weight is 313 g/mol. The first-order valence-corrected chi connectivity index (χ1v) is 8.17. The number of likely N-dealkylation sites (tertiary alicyclic amines) is 1. The zero-order chi connectivity index (χ0) is 15.6. The predicted molar refractivity (Wildman–Crippen MR) is 85.5 cm³/mol. The molecule has 2 aliphatic rings. The van der Waals surface area contributed by atoms with Crippen LogP contribution in [0.1, 0.15) is 36.6 Å². The van der Waals surface area contributed by atoms with Gasteiger partial charge in [0.1, 0.15) is 17.5 Å². The fourth-order valence-electron chi connectivity index (χ4n) is 3.10. The van der Waals surface area contributed by atoms with Gasteiger partial charge in [-0.3, -0.25) is 9.88 Å². The van der Waals surface area contributed by atoms with E-state index in [0.29, 0.717) is 12.0 Å². The number of aromatic nitrogens is 3. The minimum Gasteiger partial charge on any atom is -0.366 e. The molecular weight excluding hydrogens is 293 g/mol. The molecule has 23 heavy (non-hydrogen) atoms. The van der Waals surface area contributed by atoms with E-state index in [1.165, 1.54) is 19.0 Å². The monoisotopic (exact) mass is 313 g/mol. The molecule has 1 aliphatic carbocycles. The Morgan fingerprint density at radius 3 is 3.00 bits per heavy atom. The standard InChI is InChI=1S/C17H20FN5/c18-14-7-12(8-19-9-14)10-23-6-4-15(11-23)21-16-3-5-20-17(22-16)13-1-2-13/h3,5,7-9,13,15H,1-2,4,6,10-11H2,(H,20,21,22). The van der Waals surface area contributed by atoms with Crippen LogP contribution >= 0.6 is 0 Å². The summed E-state index contributed by atoms with van der Waals surface area (Å²) in [7, 11) is 0. The summed E-state index contributed by atoms with van der Waals surface area (Å²) in [4.78, 5) is 15.2.